The van der Waals surface area contributed by atoms with Crippen LogP contribution >= 0.6 is 23.8 Å². The fourth-order valence-electron chi connectivity index (χ4n) is 2.64. The number of piperidine rings is 1. The molecule has 0 unspecified atom stereocenters. The first-order valence-corrected chi connectivity index (χ1v) is 7.86. The van der Waals surface area contributed by atoms with E-state index in [1.54, 1.807) is 0 Å². The molecule has 1 aliphatic heterocycles. The molecule has 1 saturated heterocycles. The van der Waals surface area contributed by atoms with Crippen LogP contribution in [0.15, 0.2) is 18.2 Å². The molecular formula is C15H22ClN3S. The first-order chi connectivity index (χ1) is 9.56. The van der Waals surface area contributed by atoms with Gasteiger partial charge in [-0.2, -0.15) is 0 Å². The van der Waals surface area contributed by atoms with Gasteiger partial charge in [0, 0.05) is 22.8 Å². The zero-order valence-electron chi connectivity index (χ0n) is 11.9. The Kier molecular flexibility index (Phi) is 5.64. The van der Waals surface area contributed by atoms with Crippen LogP contribution in [0.3, 0.4) is 0 Å². The highest BCUT2D eigenvalue weighted by atomic mass is 35.5. The number of halogens is 1. The molecule has 5 heteroatoms. The van der Waals surface area contributed by atoms with Gasteiger partial charge in [0.1, 0.15) is 4.99 Å². The number of nitrogens with one attached hydrogen (secondary N) is 1. The SMILES string of the molecule is CN1CCC(CCNc2ccc(Cl)cc2C(N)=S)CC1. The maximum atomic E-state index is 5.98. The van der Waals surface area contributed by atoms with Crippen LogP contribution in [-0.4, -0.2) is 36.6 Å². The summed E-state index contributed by atoms with van der Waals surface area (Å²) >= 11 is 11.1. The number of rotatable bonds is 5. The van der Waals surface area contributed by atoms with E-state index >= 15 is 0 Å². The Morgan fingerprint density at radius 2 is 2.15 bits per heavy atom. The van der Waals surface area contributed by atoms with Crippen molar-refractivity contribution < 1.29 is 0 Å². The third-order valence-corrected chi connectivity index (χ3v) is 4.41. The number of nitrogens with two attached hydrogens (primary N) is 1. The predicted molar refractivity (Wildman–Crippen MR) is 90.7 cm³/mol. The van der Waals surface area contributed by atoms with Crippen LogP contribution in [0, 0.1) is 5.92 Å². The van der Waals surface area contributed by atoms with Gasteiger partial charge in [-0.25, -0.2) is 0 Å². The number of thiocarbonyl (C=S) groups is 1. The Morgan fingerprint density at radius 1 is 1.45 bits per heavy atom. The van der Waals surface area contributed by atoms with E-state index in [4.69, 9.17) is 29.6 Å². The molecule has 1 fully saturated rings. The zero-order chi connectivity index (χ0) is 14.5. The Morgan fingerprint density at radius 3 is 2.80 bits per heavy atom. The first kappa shape index (κ1) is 15.5. The van der Waals surface area contributed by atoms with E-state index in [1.165, 1.54) is 32.4 Å². The van der Waals surface area contributed by atoms with Crippen LogP contribution in [-0.2, 0) is 0 Å². The van der Waals surface area contributed by atoms with Crippen LogP contribution in [0.1, 0.15) is 24.8 Å². The molecule has 1 aromatic rings. The fraction of sp³-hybridized carbons (Fsp3) is 0.533. The van der Waals surface area contributed by atoms with E-state index in [0.29, 0.717) is 10.0 Å². The lowest BCUT2D eigenvalue weighted by Gasteiger charge is -2.29. The Balaban J connectivity index is 1.86. The molecule has 20 heavy (non-hydrogen) atoms. The van der Waals surface area contributed by atoms with Crippen LogP contribution in [0.2, 0.25) is 5.02 Å². The molecule has 3 N–H and O–H groups in total. The molecule has 0 spiro atoms. The monoisotopic (exact) mass is 311 g/mol. The molecule has 0 atom stereocenters. The second-order valence-corrected chi connectivity index (χ2v) is 6.39. The summed E-state index contributed by atoms with van der Waals surface area (Å²) in [6, 6.07) is 5.63. The van der Waals surface area contributed by atoms with Gasteiger partial charge in [-0.1, -0.05) is 23.8 Å². The van der Waals surface area contributed by atoms with Crippen molar-refractivity contribution >= 4 is 34.5 Å². The highest BCUT2D eigenvalue weighted by Gasteiger charge is 2.16. The average molecular weight is 312 g/mol. The summed E-state index contributed by atoms with van der Waals surface area (Å²) in [5.41, 5.74) is 7.55. The van der Waals surface area contributed by atoms with E-state index in [9.17, 15) is 0 Å². The van der Waals surface area contributed by atoms with Crippen molar-refractivity contribution in [2.24, 2.45) is 11.7 Å². The Bertz CT molecular complexity index is 470. The van der Waals surface area contributed by atoms with Crippen LogP contribution < -0.4 is 11.1 Å². The van der Waals surface area contributed by atoms with Gasteiger partial charge in [0.05, 0.1) is 0 Å². The lowest BCUT2D eigenvalue weighted by molar-refractivity contribution is 0.215. The number of nitrogens with zero attached hydrogens (tertiary/aromatic N) is 1. The average Bonchev–Trinajstić information content (AvgIpc) is 2.42. The van der Waals surface area contributed by atoms with E-state index in [0.717, 1.165) is 23.7 Å². The number of hydrogen-bond acceptors (Lipinski definition) is 3. The van der Waals surface area contributed by atoms with Gasteiger partial charge >= 0.3 is 0 Å². The minimum Gasteiger partial charge on any atom is -0.389 e. The van der Waals surface area contributed by atoms with Crippen molar-refractivity contribution in [2.75, 3.05) is 32.0 Å². The van der Waals surface area contributed by atoms with Gasteiger partial charge in [-0.15, -0.1) is 0 Å². The Labute approximate surface area is 131 Å². The molecule has 0 bridgehead atoms. The highest BCUT2D eigenvalue weighted by Crippen LogP contribution is 2.23. The molecule has 2 rings (SSSR count). The van der Waals surface area contributed by atoms with Crippen molar-refractivity contribution in [1.82, 2.24) is 4.90 Å². The number of likely N-dealkylation sites (tertiary alicyclic amines) is 1. The van der Waals surface area contributed by atoms with Crippen molar-refractivity contribution in [3.8, 4) is 0 Å². The second kappa shape index (κ2) is 7.25. The molecule has 0 amide bonds. The molecular weight excluding hydrogens is 290 g/mol. The summed E-state index contributed by atoms with van der Waals surface area (Å²) in [6.45, 7) is 3.37. The summed E-state index contributed by atoms with van der Waals surface area (Å²) < 4.78 is 0. The summed E-state index contributed by atoms with van der Waals surface area (Å²) in [5.74, 6) is 0.819. The van der Waals surface area contributed by atoms with E-state index in [1.807, 2.05) is 18.2 Å². The van der Waals surface area contributed by atoms with Gasteiger partial charge in [-0.05, 0) is 63.5 Å². The van der Waals surface area contributed by atoms with Gasteiger partial charge < -0.3 is 16.0 Å². The first-order valence-electron chi connectivity index (χ1n) is 7.08. The standard InChI is InChI=1S/C15H22ClN3S/c1-19-8-5-11(6-9-19)4-7-18-14-3-2-12(16)10-13(14)15(17)20/h2-3,10-11,18H,4-9H2,1H3,(H2,17,20). The van der Waals surface area contributed by atoms with Crippen LogP contribution in [0.25, 0.3) is 0 Å². The summed E-state index contributed by atoms with van der Waals surface area (Å²) in [7, 11) is 2.19. The lowest BCUT2D eigenvalue weighted by atomic mass is 9.94. The normalized spacial score (nSPS) is 17.1. The lowest BCUT2D eigenvalue weighted by Crippen LogP contribution is -2.30. The topological polar surface area (TPSA) is 41.3 Å². The summed E-state index contributed by atoms with van der Waals surface area (Å²) in [4.78, 5) is 2.78. The van der Waals surface area contributed by atoms with Gasteiger partial charge in [-0.3, -0.25) is 0 Å². The van der Waals surface area contributed by atoms with Crippen LogP contribution in [0.5, 0.6) is 0 Å². The molecule has 1 aliphatic rings. The molecule has 0 aromatic heterocycles. The maximum absolute atomic E-state index is 5.98. The van der Waals surface area contributed by atoms with Gasteiger partial charge in [0.25, 0.3) is 0 Å². The van der Waals surface area contributed by atoms with Crippen LogP contribution in [0.4, 0.5) is 5.69 Å². The number of benzene rings is 1. The van der Waals surface area contributed by atoms with E-state index in [-0.39, 0.29) is 0 Å². The largest absolute Gasteiger partial charge is 0.389 e. The van der Waals surface area contributed by atoms with Gasteiger partial charge in [0.2, 0.25) is 0 Å². The molecule has 0 aliphatic carbocycles. The molecule has 110 valence electrons. The number of hydrogen-bond donors (Lipinski definition) is 2. The quantitative estimate of drug-likeness (QED) is 0.820. The minimum atomic E-state index is 0.384. The van der Waals surface area contributed by atoms with Crippen molar-refractivity contribution in [2.45, 2.75) is 19.3 Å². The highest BCUT2D eigenvalue weighted by molar-refractivity contribution is 7.80. The minimum absolute atomic E-state index is 0.384. The molecule has 3 nitrogen and oxygen atoms in total. The zero-order valence-corrected chi connectivity index (χ0v) is 13.4. The smallest absolute Gasteiger partial charge is 0.106 e. The third-order valence-electron chi connectivity index (χ3n) is 3.95. The summed E-state index contributed by atoms with van der Waals surface area (Å²) in [5, 5.41) is 4.10. The molecule has 1 aromatic carbocycles. The van der Waals surface area contributed by atoms with Crippen molar-refractivity contribution in [3.05, 3.63) is 28.8 Å². The fourth-order valence-corrected chi connectivity index (χ4v) is 2.98. The van der Waals surface area contributed by atoms with Gasteiger partial charge in [0.15, 0.2) is 0 Å². The van der Waals surface area contributed by atoms with Crippen molar-refractivity contribution in [1.29, 1.82) is 0 Å². The summed E-state index contributed by atoms with van der Waals surface area (Å²) in [6.07, 6.45) is 3.77. The maximum Gasteiger partial charge on any atom is 0.106 e. The Hall–Kier alpha value is -0.840. The third kappa shape index (κ3) is 4.33. The molecule has 0 saturated carbocycles. The molecule has 1 heterocycles. The predicted octanol–water partition coefficient (Wildman–Crippen LogP) is 3.12. The van der Waals surface area contributed by atoms with E-state index in [2.05, 4.69) is 17.3 Å². The van der Waals surface area contributed by atoms with E-state index < -0.39 is 0 Å². The second-order valence-electron chi connectivity index (χ2n) is 5.52. The van der Waals surface area contributed by atoms with Crippen molar-refractivity contribution in [3.63, 3.8) is 0 Å². The molecule has 0 radical (unpaired) electrons. The number of anilines is 1.